The van der Waals surface area contributed by atoms with Gasteiger partial charge in [-0.3, -0.25) is 4.79 Å². The zero-order valence-electron chi connectivity index (χ0n) is 16.0. The molecule has 0 saturated carbocycles. The number of rotatable bonds is 1. The van der Waals surface area contributed by atoms with Gasteiger partial charge in [0, 0.05) is 11.1 Å². The molecule has 3 aromatic rings. The Morgan fingerprint density at radius 3 is 2.15 bits per heavy atom. The third-order valence-corrected chi connectivity index (χ3v) is 6.28. The molecule has 1 aliphatic carbocycles. The minimum Gasteiger partial charge on any atom is -0.399 e. The molecule has 4 heteroatoms. The molecule has 0 spiro atoms. The summed E-state index contributed by atoms with van der Waals surface area (Å²) in [5.74, 6) is 0.0575. The van der Waals surface area contributed by atoms with Gasteiger partial charge in [-0.2, -0.15) is 0 Å². The maximum atomic E-state index is 13.5. The van der Waals surface area contributed by atoms with E-state index < -0.39 is 18.3 Å². The van der Waals surface area contributed by atoms with Crippen LogP contribution in [0, 0.1) is 0 Å². The molecule has 0 unspecified atom stereocenters. The second-order valence-corrected chi connectivity index (χ2v) is 8.40. The van der Waals surface area contributed by atoms with Crippen LogP contribution in [0.3, 0.4) is 0 Å². The Kier molecular flexibility index (Phi) is 3.29. The number of benzene rings is 3. The van der Waals surface area contributed by atoms with Gasteiger partial charge < -0.3 is 9.31 Å². The van der Waals surface area contributed by atoms with E-state index in [0.29, 0.717) is 5.56 Å². The maximum absolute atomic E-state index is 13.5. The number of fused-ring (bicyclic) bond motifs is 5. The predicted octanol–water partition coefficient (Wildman–Crippen LogP) is 4.35. The minimum atomic E-state index is -0.547. The van der Waals surface area contributed by atoms with Crippen molar-refractivity contribution < 1.29 is 14.1 Å². The second kappa shape index (κ2) is 5.31. The van der Waals surface area contributed by atoms with Crippen molar-refractivity contribution in [1.82, 2.24) is 0 Å². The lowest BCUT2D eigenvalue weighted by Crippen LogP contribution is -2.41. The summed E-state index contributed by atoms with van der Waals surface area (Å²) in [6.45, 7) is 8.11. The fourth-order valence-corrected chi connectivity index (χ4v) is 4.08. The van der Waals surface area contributed by atoms with Gasteiger partial charge in [-0.15, -0.1) is 0 Å². The summed E-state index contributed by atoms with van der Waals surface area (Å²) in [6.07, 6.45) is 0. The number of carbonyl (C=O) groups is 1. The van der Waals surface area contributed by atoms with Crippen LogP contribution < -0.4 is 5.46 Å². The Balaban J connectivity index is 1.70. The first-order valence-electron chi connectivity index (χ1n) is 9.35. The molecule has 0 atom stereocenters. The van der Waals surface area contributed by atoms with Crippen molar-refractivity contribution in [3.8, 4) is 11.1 Å². The molecule has 3 aromatic carbocycles. The van der Waals surface area contributed by atoms with Gasteiger partial charge in [0.1, 0.15) is 0 Å². The highest BCUT2D eigenvalue weighted by Gasteiger charge is 2.53. The molecular weight excluding hydrogens is 335 g/mol. The molecule has 1 aliphatic heterocycles. The molecule has 0 bridgehead atoms. The lowest BCUT2D eigenvalue weighted by Gasteiger charge is -2.32. The molecule has 0 aromatic heterocycles. The van der Waals surface area contributed by atoms with E-state index in [2.05, 4.69) is 12.1 Å². The van der Waals surface area contributed by atoms with E-state index in [9.17, 15) is 4.79 Å². The van der Waals surface area contributed by atoms with Gasteiger partial charge in [0.2, 0.25) is 0 Å². The van der Waals surface area contributed by atoms with Gasteiger partial charge >= 0.3 is 7.12 Å². The zero-order valence-corrected chi connectivity index (χ0v) is 16.0. The first-order valence-corrected chi connectivity index (χ1v) is 9.35. The van der Waals surface area contributed by atoms with E-state index in [1.165, 1.54) is 0 Å². The summed E-state index contributed by atoms with van der Waals surface area (Å²) in [5.41, 5.74) is 3.38. The van der Waals surface area contributed by atoms with Gasteiger partial charge in [-0.05, 0) is 55.1 Å². The van der Waals surface area contributed by atoms with Crippen LogP contribution in [0.15, 0.2) is 54.6 Å². The topological polar surface area (TPSA) is 35.5 Å². The summed E-state index contributed by atoms with van der Waals surface area (Å²) in [6, 6.07) is 18.1. The largest absolute Gasteiger partial charge is 0.495 e. The first kappa shape index (κ1) is 16.7. The van der Waals surface area contributed by atoms with Gasteiger partial charge in [-0.1, -0.05) is 54.6 Å². The highest BCUT2D eigenvalue weighted by Crippen LogP contribution is 2.42. The van der Waals surface area contributed by atoms with E-state index in [1.807, 2.05) is 70.2 Å². The summed E-state index contributed by atoms with van der Waals surface area (Å²) >= 11 is 0. The second-order valence-electron chi connectivity index (χ2n) is 8.40. The summed E-state index contributed by atoms with van der Waals surface area (Å²) < 4.78 is 12.5. The average Bonchev–Trinajstić information content (AvgIpc) is 3.05. The molecule has 3 nitrogen and oxygen atoms in total. The van der Waals surface area contributed by atoms with Gasteiger partial charge in [0.15, 0.2) is 5.78 Å². The van der Waals surface area contributed by atoms with Crippen molar-refractivity contribution in [1.29, 1.82) is 0 Å². The minimum absolute atomic E-state index is 0.0575. The third kappa shape index (κ3) is 2.20. The van der Waals surface area contributed by atoms with E-state index in [1.54, 1.807) is 0 Å². The summed E-state index contributed by atoms with van der Waals surface area (Å²) in [7, 11) is -0.547. The standard InChI is InChI=1S/C23H21BO3/c1-22(2)23(3,4)27-24(26-22)18-11-7-10-16-17-13-12-14-8-5-6-9-15(14)19(17)21(25)20(16)18/h5-13H,1-4H3. The van der Waals surface area contributed by atoms with E-state index in [0.717, 1.165) is 32.9 Å². The van der Waals surface area contributed by atoms with Crippen LogP contribution in [-0.2, 0) is 9.31 Å². The predicted molar refractivity (Wildman–Crippen MR) is 109 cm³/mol. The quantitative estimate of drug-likeness (QED) is 0.476. The van der Waals surface area contributed by atoms with Crippen molar-refractivity contribution >= 4 is 29.1 Å². The highest BCUT2D eigenvalue weighted by molar-refractivity contribution is 6.64. The SMILES string of the molecule is CC1(C)OB(c2cccc3c2C(=O)c2c-3ccc3ccccc23)OC1(C)C. The Morgan fingerprint density at radius 2 is 1.41 bits per heavy atom. The van der Waals surface area contributed by atoms with Crippen LogP contribution in [0.2, 0.25) is 0 Å². The van der Waals surface area contributed by atoms with Crippen LogP contribution >= 0.6 is 0 Å². The molecule has 1 saturated heterocycles. The van der Waals surface area contributed by atoms with E-state index in [4.69, 9.17) is 9.31 Å². The number of hydrogen-bond acceptors (Lipinski definition) is 3. The number of carbonyl (C=O) groups excluding carboxylic acids is 1. The Hall–Kier alpha value is -2.43. The lowest BCUT2D eigenvalue weighted by molar-refractivity contribution is 0.00578. The molecule has 27 heavy (non-hydrogen) atoms. The Labute approximate surface area is 159 Å². The lowest BCUT2D eigenvalue weighted by atomic mass is 9.74. The number of ketones is 1. The van der Waals surface area contributed by atoms with Crippen molar-refractivity contribution in [3.05, 3.63) is 65.7 Å². The summed E-state index contributed by atoms with van der Waals surface area (Å²) in [4.78, 5) is 13.5. The molecule has 5 rings (SSSR count). The van der Waals surface area contributed by atoms with Crippen molar-refractivity contribution in [2.45, 2.75) is 38.9 Å². The van der Waals surface area contributed by atoms with Crippen LogP contribution in [0.25, 0.3) is 21.9 Å². The molecule has 0 amide bonds. The molecule has 0 N–H and O–H groups in total. The van der Waals surface area contributed by atoms with Crippen LogP contribution in [0.5, 0.6) is 0 Å². The molecular formula is C23H21BO3. The first-order chi connectivity index (χ1) is 12.8. The van der Waals surface area contributed by atoms with Crippen molar-refractivity contribution in [2.75, 3.05) is 0 Å². The van der Waals surface area contributed by atoms with E-state index >= 15 is 0 Å². The highest BCUT2D eigenvalue weighted by atomic mass is 16.7. The van der Waals surface area contributed by atoms with Crippen molar-refractivity contribution in [3.63, 3.8) is 0 Å². The fraction of sp³-hybridized carbons (Fsp3) is 0.261. The van der Waals surface area contributed by atoms with Gasteiger partial charge in [0.05, 0.1) is 11.2 Å². The molecule has 134 valence electrons. The normalized spacial score (nSPS) is 19.4. The van der Waals surface area contributed by atoms with Crippen LogP contribution in [0.4, 0.5) is 0 Å². The smallest absolute Gasteiger partial charge is 0.399 e. The van der Waals surface area contributed by atoms with E-state index in [-0.39, 0.29) is 5.78 Å². The Bertz CT molecular complexity index is 1100. The molecule has 1 fully saturated rings. The zero-order chi connectivity index (χ0) is 19.0. The summed E-state index contributed by atoms with van der Waals surface area (Å²) in [5, 5.41) is 2.07. The fourth-order valence-electron chi connectivity index (χ4n) is 4.08. The van der Waals surface area contributed by atoms with Crippen molar-refractivity contribution in [2.24, 2.45) is 0 Å². The van der Waals surface area contributed by atoms with Gasteiger partial charge in [0.25, 0.3) is 0 Å². The molecule has 1 heterocycles. The monoisotopic (exact) mass is 356 g/mol. The molecule has 0 radical (unpaired) electrons. The maximum Gasteiger partial charge on any atom is 0.495 e. The van der Waals surface area contributed by atoms with Gasteiger partial charge in [-0.25, -0.2) is 0 Å². The number of hydrogen-bond donors (Lipinski definition) is 0. The molecule has 2 aliphatic rings. The Morgan fingerprint density at radius 1 is 0.741 bits per heavy atom. The van der Waals surface area contributed by atoms with Crippen LogP contribution in [0.1, 0.15) is 43.6 Å². The average molecular weight is 356 g/mol. The third-order valence-electron chi connectivity index (χ3n) is 6.28. The van der Waals surface area contributed by atoms with Crippen LogP contribution in [-0.4, -0.2) is 24.1 Å².